The van der Waals surface area contributed by atoms with Crippen molar-refractivity contribution in [1.29, 1.82) is 5.26 Å². The number of alkyl halides is 3. The van der Waals surface area contributed by atoms with E-state index in [1.807, 2.05) is 0 Å². The first kappa shape index (κ1) is 17.3. The fraction of sp³-hybridized carbons (Fsp3) is 0.0625. The van der Waals surface area contributed by atoms with Crippen LogP contribution in [0.3, 0.4) is 0 Å². The Morgan fingerprint density at radius 2 is 1.72 bits per heavy atom. The number of benzene rings is 1. The van der Waals surface area contributed by atoms with Crippen LogP contribution in [0.4, 0.5) is 13.2 Å². The van der Waals surface area contributed by atoms with Gasteiger partial charge in [-0.3, -0.25) is 9.36 Å². The number of rotatable bonds is 1. The molecule has 0 atom stereocenters. The maximum Gasteiger partial charge on any atom is 0.433 e. The lowest BCUT2D eigenvalue weighted by Gasteiger charge is -2.14. The smallest absolute Gasteiger partial charge is 0.267 e. The van der Waals surface area contributed by atoms with Crippen LogP contribution in [-0.4, -0.2) is 9.55 Å². The van der Waals surface area contributed by atoms with E-state index in [9.17, 15) is 23.2 Å². The highest BCUT2D eigenvalue weighted by Gasteiger charge is 2.33. The predicted octanol–water partition coefficient (Wildman–Crippen LogP) is 4.58. The molecule has 0 N–H and O–H groups in total. The SMILES string of the molecule is N#Cc1c(Cl)c2ccc(C(F)(F)F)nc2n(-c2ccc(Cl)cc2)c1=O. The Labute approximate surface area is 148 Å². The third kappa shape index (κ3) is 2.95. The number of hydrogen-bond donors (Lipinski definition) is 0. The molecule has 4 nitrogen and oxygen atoms in total. The zero-order valence-corrected chi connectivity index (χ0v) is 13.6. The zero-order valence-electron chi connectivity index (χ0n) is 12.1. The first-order valence-corrected chi connectivity index (χ1v) is 7.48. The summed E-state index contributed by atoms with van der Waals surface area (Å²) in [5.74, 6) is 0. The number of fused-ring (bicyclic) bond motifs is 1. The van der Waals surface area contributed by atoms with Crippen LogP contribution in [0.25, 0.3) is 16.7 Å². The van der Waals surface area contributed by atoms with Gasteiger partial charge in [-0.2, -0.15) is 18.4 Å². The highest BCUT2D eigenvalue weighted by atomic mass is 35.5. The summed E-state index contributed by atoms with van der Waals surface area (Å²) in [6.45, 7) is 0. The van der Waals surface area contributed by atoms with Crippen LogP contribution in [0.2, 0.25) is 10.0 Å². The average Bonchev–Trinajstić information content (AvgIpc) is 2.56. The highest BCUT2D eigenvalue weighted by Crippen LogP contribution is 2.32. The number of pyridine rings is 2. The quantitative estimate of drug-likeness (QED) is 0.617. The van der Waals surface area contributed by atoms with Crippen LogP contribution in [0.1, 0.15) is 11.3 Å². The molecule has 2 heterocycles. The van der Waals surface area contributed by atoms with Crippen LogP contribution in [0.15, 0.2) is 41.2 Å². The van der Waals surface area contributed by atoms with Crippen molar-refractivity contribution in [3.63, 3.8) is 0 Å². The maximum atomic E-state index is 13.0. The minimum atomic E-state index is -4.70. The fourth-order valence-corrected chi connectivity index (χ4v) is 2.71. The van der Waals surface area contributed by atoms with E-state index in [1.54, 1.807) is 6.07 Å². The summed E-state index contributed by atoms with van der Waals surface area (Å²) in [4.78, 5) is 16.1. The van der Waals surface area contributed by atoms with Gasteiger partial charge >= 0.3 is 6.18 Å². The van der Waals surface area contributed by atoms with Crippen molar-refractivity contribution in [2.45, 2.75) is 6.18 Å². The van der Waals surface area contributed by atoms with Crippen LogP contribution in [0.5, 0.6) is 0 Å². The van der Waals surface area contributed by atoms with E-state index < -0.39 is 17.4 Å². The van der Waals surface area contributed by atoms with E-state index in [0.717, 1.165) is 16.7 Å². The van der Waals surface area contributed by atoms with E-state index >= 15 is 0 Å². The molecule has 0 fully saturated rings. The normalized spacial score (nSPS) is 11.5. The van der Waals surface area contributed by atoms with Gasteiger partial charge in [0.2, 0.25) is 0 Å². The molecule has 25 heavy (non-hydrogen) atoms. The Balaban J connectivity index is 2.49. The highest BCUT2D eigenvalue weighted by molar-refractivity contribution is 6.36. The lowest BCUT2D eigenvalue weighted by molar-refractivity contribution is -0.141. The summed E-state index contributed by atoms with van der Waals surface area (Å²) in [5, 5.41) is 9.38. The molecule has 0 saturated heterocycles. The molecular weight excluding hydrogens is 378 g/mol. The Hall–Kier alpha value is -2.56. The Bertz CT molecular complexity index is 1080. The van der Waals surface area contributed by atoms with Crippen molar-refractivity contribution in [3.8, 4) is 11.8 Å². The number of nitriles is 1. The fourth-order valence-electron chi connectivity index (χ4n) is 2.31. The van der Waals surface area contributed by atoms with Gasteiger partial charge in [-0.15, -0.1) is 0 Å². The lowest BCUT2D eigenvalue weighted by atomic mass is 10.1. The second-order valence-electron chi connectivity index (χ2n) is 4.98. The average molecular weight is 384 g/mol. The van der Waals surface area contributed by atoms with Gasteiger partial charge in [-0.25, -0.2) is 4.98 Å². The summed E-state index contributed by atoms with van der Waals surface area (Å²) < 4.78 is 39.9. The number of halogens is 5. The molecule has 0 radical (unpaired) electrons. The summed E-state index contributed by atoms with van der Waals surface area (Å²) in [6, 6.07) is 9.29. The van der Waals surface area contributed by atoms with Crippen molar-refractivity contribution in [1.82, 2.24) is 9.55 Å². The van der Waals surface area contributed by atoms with E-state index in [0.29, 0.717) is 5.02 Å². The van der Waals surface area contributed by atoms with Gasteiger partial charge < -0.3 is 0 Å². The third-order valence-electron chi connectivity index (χ3n) is 3.45. The molecule has 0 aliphatic rings. The van der Waals surface area contributed by atoms with E-state index in [4.69, 9.17) is 23.2 Å². The van der Waals surface area contributed by atoms with Gasteiger partial charge in [0.15, 0.2) is 0 Å². The molecule has 1 aromatic carbocycles. The van der Waals surface area contributed by atoms with Crippen LogP contribution in [-0.2, 0) is 6.18 Å². The van der Waals surface area contributed by atoms with E-state index in [1.165, 1.54) is 24.3 Å². The second-order valence-corrected chi connectivity index (χ2v) is 5.80. The number of nitrogens with zero attached hydrogens (tertiary/aromatic N) is 3. The second kappa shape index (κ2) is 6.06. The largest absolute Gasteiger partial charge is 0.433 e. The monoisotopic (exact) mass is 383 g/mol. The zero-order chi connectivity index (χ0) is 18.4. The topological polar surface area (TPSA) is 58.7 Å². The van der Waals surface area contributed by atoms with Gasteiger partial charge in [0.1, 0.15) is 23.0 Å². The van der Waals surface area contributed by atoms with Gasteiger partial charge in [-0.1, -0.05) is 23.2 Å². The third-order valence-corrected chi connectivity index (χ3v) is 4.09. The molecule has 0 aliphatic heterocycles. The Morgan fingerprint density at radius 1 is 1.08 bits per heavy atom. The summed E-state index contributed by atoms with van der Waals surface area (Å²) in [7, 11) is 0. The van der Waals surface area contributed by atoms with Crippen LogP contribution < -0.4 is 5.56 Å². The number of aromatic nitrogens is 2. The summed E-state index contributed by atoms with van der Waals surface area (Å²) in [6.07, 6.45) is -4.70. The lowest BCUT2D eigenvalue weighted by Crippen LogP contribution is -2.23. The van der Waals surface area contributed by atoms with E-state index in [2.05, 4.69) is 4.98 Å². The molecule has 0 spiro atoms. The first-order chi connectivity index (χ1) is 11.7. The molecule has 9 heteroatoms. The molecule has 3 rings (SSSR count). The molecule has 2 aromatic heterocycles. The predicted molar refractivity (Wildman–Crippen MR) is 87.1 cm³/mol. The van der Waals surface area contributed by atoms with Crippen molar-refractivity contribution in [2.75, 3.05) is 0 Å². The molecule has 126 valence electrons. The minimum absolute atomic E-state index is 0.0563. The molecule has 0 aliphatic carbocycles. The van der Waals surface area contributed by atoms with Crippen molar-refractivity contribution < 1.29 is 13.2 Å². The van der Waals surface area contributed by atoms with E-state index in [-0.39, 0.29) is 27.3 Å². The summed E-state index contributed by atoms with van der Waals surface area (Å²) in [5.41, 5.74) is -2.52. The molecule has 3 aromatic rings. The molecule has 0 saturated carbocycles. The van der Waals surface area contributed by atoms with Gasteiger partial charge in [0.25, 0.3) is 5.56 Å². The van der Waals surface area contributed by atoms with Crippen LogP contribution in [0, 0.1) is 11.3 Å². The Morgan fingerprint density at radius 3 is 2.28 bits per heavy atom. The van der Waals surface area contributed by atoms with Crippen LogP contribution >= 0.6 is 23.2 Å². The first-order valence-electron chi connectivity index (χ1n) is 6.72. The Kier molecular flexibility index (Phi) is 4.19. The molecule has 0 unspecified atom stereocenters. The van der Waals surface area contributed by atoms with Crippen molar-refractivity contribution in [2.24, 2.45) is 0 Å². The van der Waals surface area contributed by atoms with Gasteiger partial charge in [0, 0.05) is 10.4 Å². The van der Waals surface area contributed by atoms with Gasteiger partial charge in [-0.05, 0) is 36.4 Å². The van der Waals surface area contributed by atoms with Crippen molar-refractivity contribution in [3.05, 3.63) is 68.1 Å². The summed E-state index contributed by atoms with van der Waals surface area (Å²) >= 11 is 11.8. The number of hydrogen-bond acceptors (Lipinski definition) is 3. The minimum Gasteiger partial charge on any atom is -0.267 e. The maximum absolute atomic E-state index is 13.0. The van der Waals surface area contributed by atoms with Crippen molar-refractivity contribution >= 4 is 34.2 Å². The standard InChI is InChI=1S/C16H6Cl2F3N3O/c17-8-1-3-9(4-2-8)24-14-10(13(18)11(7-22)15(24)25)5-6-12(23-14)16(19,20)21/h1-6H. The molecule has 0 bridgehead atoms. The molecular formula is C16H6Cl2F3N3O. The van der Waals surface area contributed by atoms with Gasteiger partial charge in [0.05, 0.1) is 10.7 Å². The molecule has 0 amide bonds.